The normalized spacial score (nSPS) is 13.2. The maximum atomic E-state index is 11.6. The molecule has 0 radical (unpaired) electrons. The second-order valence-electron chi connectivity index (χ2n) is 3.78. The smallest absolute Gasteiger partial charge is 0.225 e. The summed E-state index contributed by atoms with van der Waals surface area (Å²) in [5.74, 6) is 1.30. The molecule has 3 N–H and O–H groups in total. The highest BCUT2D eigenvalue weighted by Gasteiger charge is 2.16. The Morgan fingerprint density at radius 2 is 2.06 bits per heavy atom. The van der Waals surface area contributed by atoms with Crippen LogP contribution in [0.3, 0.4) is 0 Å². The fourth-order valence-corrected chi connectivity index (χ4v) is 2.24. The molecule has 1 aliphatic heterocycles. The zero-order valence-corrected chi connectivity index (χ0v) is 11.0. The molecular weight excluding hydrogens is 252 g/mol. The lowest BCUT2D eigenvalue weighted by atomic mass is 10.2. The molecule has 0 bridgehead atoms. The Morgan fingerprint density at radius 1 is 1.39 bits per heavy atom. The first-order valence-corrected chi connectivity index (χ1v) is 6.94. The summed E-state index contributed by atoms with van der Waals surface area (Å²) in [6.07, 6.45) is 2.26. The van der Waals surface area contributed by atoms with Crippen LogP contribution >= 0.6 is 11.8 Å². The Hall–Kier alpha value is -1.40. The van der Waals surface area contributed by atoms with E-state index in [4.69, 9.17) is 15.2 Å². The highest BCUT2D eigenvalue weighted by Crippen LogP contribution is 2.39. The van der Waals surface area contributed by atoms with Crippen LogP contribution in [0.25, 0.3) is 0 Å². The van der Waals surface area contributed by atoms with Crippen molar-refractivity contribution in [2.24, 2.45) is 5.73 Å². The first-order chi connectivity index (χ1) is 8.74. The molecule has 0 unspecified atom stereocenters. The van der Waals surface area contributed by atoms with Gasteiger partial charge in [0.1, 0.15) is 13.2 Å². The monoisotopic (exact) mass is 268 g/mol. The summed E-state index contributed by atoms with van der Waals surface area (Å²) in [7, 11) is 0. The van der Waals surface area contributed by atoms with Gasteiger partial charge in [-0.2, -0.15) is 0 Å². The van der Waals surface area contributed by atoms with Gasteiger partial charge in [0.2, 0.25) is 5.91 Å². The molecule has 0 aromatic heterocycles. The van der Waals surface area contributed by atoms with Crippen LogP contribution in [0.15, 0.2) is 17.0 Å². The molecule has 0 spiro atoms. The lowest BCUT2D eigenvalue weighted by Crippen LogP contribution is -2.18. The molecule has 0 aliphatic carbocycles. The maximum Gasteiger partial charge on any atom is 0.225 e. The average molecular weight is 268 g/mol. The van der Waals surface area contributed by atoms with E-state index in [1.807, 2.05) is 12.3 Å². The molecule has 18 heavy (non-hydrogen) atoms. The van der Waals surface area contributed by atoms with Gasteiger partial charge in [-0.25, -0.2) is 0 Å². The number of carbonyl (C=O) groups is 1. The Kier molecular flexibility index (Phi) is 4.33. The predicted molar refractivity (Wildman–Crippen MR) is 71.5 cm³/mol. The van der Waals surface area contributed by atoms with Crippen molar-refractivity contribution < 1.29 is 14.3 Å². The minimum absolute atomic E-state index is 0.0931. The molecule has 5 nitrogen and oxygen atoms in total. The molecule has 98 valence electrons. The summed E-state index contributed by atoms with van der Waals surface area (Å²) in [4.78, 5) is 12.5. The van der Waals surface area contributed by atoms with E-state index < -0.39 is 0 Å². The van der Waals surface area contributed by atoms with Crippen LogP contribution in [-0.2, 0) is 4.79 Å². The number of hydrogen-bond acceptors (Lipinski definition) is 5. The van der Waals surface area contributed by atoms with Crippen LogP contribution in [0, 0.1) is 0 Å². The van der Waals surface area contributed by atoms with Crippen molar-refractivity contribution in [2.75, 3.05) is 31.3 Å². The largest absolute Gasteiger partial charge is 0.486 e. The molecule has 1 aromatic rings. The lowest BCUT2D eigenvalue weighted by molar-refractivity contribution is -0.116. The van der Waals surface area contributed by atoms with Gasteiger partial charge in [0.15, 0.2) is 11.5 Å². The van der Waals surface area contributed by atoms with Gasteiger partial charge in [-0.05, 0) is 12.3 Å². The van der Waals surface area contributed by atoms with Gasteiger partial charge in [0.05, 0.1) is 5.69 Å². The number of carbonyl (C=O) groups excluding carboxylic acids is 1. The Balaban J connectivity index is 2.25. The van der Waals surface area contributed by atoms with E-state index in [1.165, 1.54) is 0 Å². The summed E-state index contributed by atoms with van der Waals surface area (Å²) < 4.78 is 11.0. The van der Waals surface area contributed by atoms with Crippen molar-refractivity contribution in [2.45, 2.75) is 11.3 Å². The minimum Gasteiger partial charge on any atom is -0.486 e. The van der Waals surface area contributed by atoms with Crippen molar-refractivity contribution in [1.29, 1.82) is 0 Å². The van der Waals surface area contributed by atoms with Crippen molar-refractivity contribution >= 4 is 23.4 Å². The molecule has 1 aromatic carbocycles. The van der Waals surface area contributed by atoms with Gasteiger partial charge < -0.3 is 20.5 Å². The van der Waals surface area contributed by atoms with Gasteiger partial charge >= 0.3 is 0 Å². The molecule has 0 atom stereocenters. The van der Waals surface area contributed by atoms with Crippen molar-refractivity contribution in [1.82, 2.24) is 0 Å². The van der Waals surface area contributed by atoms with E-state index in [0.29, 0.717) is 31.9 Å². The van der Waals surface area contributed by atoms with Crippen molar-refractivity contribution in [3.63, 3.8) is 0 Å². The number of nitrogens with two attached hydrogens (primary N) is 1. The molecule has 1 aliphatic rings. The first kappa shape index (κ1) is 13.0. The summed E-state index contributed by atoms with van der Waals surface area (Å²) in [6.45, 7) is 1.42. The number of thioether (sulfide) groups is 1. The molecule has 0 fully saturated rings. The Bertz CT molecular complexity index is 451. The number of fused-ring (bicyclic) bond motifs is 1. The fourth-order valence-electron chi connectivity index (χ4n) is 1.68. The van der Waals surface area contributed by atoms with Gasteiger partial charge in [0, 0.05) is 23.9 Å². The Morgan fingerprint density at radius 3 is 2.67 bits per heavy atom. The van der Waals surface area contributed by atoms with E-state index in [2.05, 4.69) is 5.32 Å². The molecule has 0 saturated carbocycles. The van der Waals surface area contributed by atoms with Gasteiger partial charge in [-0.1, -0.05) is 0 Å². The second-order valence-corrected chi connectivity index (χ2v) is 4.63. The topological polar surface area (TPSA) is 73.6 Å². The number of nitrogens with one attached hydrogen (secondary N) is 1. The zero-order valence-electron chi connectivity index (χ0n) is 10.2. The second kappa shape index (κ2) is 5.97. The highest BCUT2D eigenvalue weighted by atomic mass is 32.2. The summed E-state index contributed by atoms with van der Waals surface area (Å²) in [5, 5.41) is 2.84. The van der Waals surface area contributed by atoms with Crippen molar-refractivity contribution in [3.05, 3.63) is 12.1 Å². The molecule has 1 amide bonds. The third kappa shape index (κ3) is 2.88. The van der Waals surface area contributed by atoms with Crippen LogP contribution in [0.2, 0.25) is 0 Å². The first-order valence-electron chi connectivity index (χ1n) is 5.72. The predicted octanol–water partition coefficient (Wildman–Crippen LogP) is 1.47. The summed E-state index contributed by atoms with van der Waals surface area (Å²) in [6, 6.07) is 3.69. The van der Waals surface area contributed by atoms with E-state index >= 15 is 0 Å². The minimum atomic E-state index is -0.0931. The third-order valence-corrected chi connectivity index (χ3v) is 3.29. The van der Waals surface area contributed by atoms with Gasteiger partial charge in [-0.3, -0.25) is 4.79 Å². The number of amides is 1. The third-order valence-electron chi connectivity index (χ3n) is 2.51. The number of hydrogen-bond donors (Lipinski definition) is 2. The van der Waals surface area contributed by atoms with Crippen molar-refractivity contribution in [3.8, 4) is 11.5 Å². The number of ether oxygens (including phenoxy) is 2. The van der Waals surface area contributed by atoms with Crippen LogP contribution in [0.4, 0.5) is 5.69 Å². The van der Waals surface area contributed by atoms with E-state index in [9.17, 15) is 4.79 Å². The molecule has 0 saturated heterocycles. The quantitative estimate of drug-likeness (QED) is 0.809. The van der Waals surface area contributed by atoms with E-state index in [0.717, 1.165) is 16.3 Å². The van der Waals surface area contributed by atoms with E-state index in [-0.39, 0.29) is 5.91 Å². The van der Waals surface area contributed by atoms with Gasteiger partial charge in [-0.15, -0.1) is 11.8 Å². The zero-order chi connectivity index (χ0) is 13.0. The number of benzene rings is 1. The average Bonchev–Trinajstić information content (AvgIpc) is 2.38. The lowest BCUT2D eigenvalue weighted by Gasteiger charge is -2.20. The molecule has 2 rings (SSSR count). The molecular formula is C12H16N2O3S. The molecule has 6 heteroatoms. The van der Waals surface area contributed by atoms with Crippen LogP contribution in [0.5, 0.6) is 11.5 Å². The highest BCUT2D eigenvalue weighted by molar-refractivity contribution is 7.98. The molecule has 1 heterocycles. The van der Waals surface area contributed by atoms with Gasteiger partial charge in [0.25, 0.3) is 0 Å². The maximum absolute atomic E-state index is 11.6. The van der Waals surface area contributed by atoms with E-state index in [1.54, 1.807) is 17.8 Å². The number of rotatable bonds is 4. The summed E-state index contributed by atoms with van der Waals surface area (Å²) in [5.41, 5.74) is 6.09. The van der Waals surface area contributed by atoms with Crippen LogP contribution < -0.4 is 20.5 Å². The van der Waals surface area contributed by atoms with Crippen LogP contribution in [0.1, 0.15) is 6.42 Å². The van der Waals surface area contributed by atoms with Crippen LogP contribution in [-0.4, -0.2) is 31.9 Å². The fraction of sp³-hybridized carbons (Fsp3) is 0.417. The SMILES string of the molecule is CSc1cc2c(cc1NC(=O)CCN)OCCO2. The number of anilines is 1. The Labute approximate surface area is 110 Å². The standard InChI is InChI=1S/C12H16N2O3S/c1-18-11-7-10-9(16-4-5-17-10)6-8(11)14-12(15)2-3-13/h6-7H,2-5,13H2,1H3,(H,14,15). The summed E-state index contributed by atoms with van der Waals surface area (Å²) >= 11 is 1.55.